The van der Waals surface area contributed by atoms with Crippen LogP contribution in [-0.4, -0.2) is 31.2 Å². The quantitative estimate of drug-likeness (QED) is 0.774. The van der Waals surface area contributed by atoms with E-state index in [-0.39, 0.29) is 6.42 Å². The summed E-state index contributed by atoms with van der Waals surface area (Å²) in [6, 6.07) is 11.8. The second kappa shape index (κ2) is 8.63. The number of hydrogen-bond donors (Lipinski definition) is 1. The summed E-state index contributed by atoms with van der Waals surface area (Å²) in [5.74, 6) is -0.199. The first-order valence-corrected chi connectivity index (χ1v) is 8.93. The number of ether oxygens (including phenoxy) is 3. The fourth-order valence-electron chi connectivity index (χ4n) is 2.65. The highest BCUT2D eigenvalue weighted by Crippen LogP contribution is 2.38. The van der Waals surface area contributed by atoms with Crippen LogP contribution in [0.15, 0.2) is 36.4 Å². The lowest BCUT2D eigenvalue weighted by Crippen LogP contribution is -2.30. The van der Waals surface area contributed by atoms with Gasteiger partial charge in [0.15, 0.2) is 17.6 Å². The van der Waals surface area contributed by atoms with Gasteiger partial charge in [0.05, 0.1) is 22.7 Å². The van der Waals surface area contributed by atoms with Crippen LogP contribution in [0, 0.1) is 11.3 Å². The first-order chi connectivity index (χ1) is 13.5. The summed E-state index contributed by atoms with van der Waals surface area (Å²) in [5.41, 5.74) is 1.26. The Morgan fingerprint density at radius 1 is 1.29 bits per heavy atom. The van der Waals surface area contributed by atoms with Crippen molar-refractivity contribution >= 4 is 29.2 Å². The highest BCUT2D eigenvalue weighted by Gasteiger charge is 2.21. The van der Waals surface area contributed by atoms with Gasteiger partial charge in [-0.1, -0.05) is 23.7 Å². The highest BCUT2D eigenvalue weighted by molar-refractivity contribution is 6.32. The molecular formula is C20H17ClN2O5. The molecule has 0 bridgehead atoms. The van der Waals surface area contributed by atoms with Gasteiger partial charge in [0, 0.05) is 0 Å². The summed E-state index contributed by atoms with van der Waals surface area (Å²) in [5, 5.41) is 12.0. The van der Waals surface area contributed by atoms with Crippen LogP contribution >= 0.6 is 11.6 Å². The first kappa shape index (κ1) is 19.5. The van der Waals surface area contributed by atoms with Gasteiger partial charge in [-0.25, -0.2) is 0 Å². The topological polar surface area (TPSA) is 97.7 Å². The monoisotopic (exact) mass is 400 g/mol. The molecular weight excluding hydrogens is 384 g/mol. The first-order valence-electron chi connectivity index (χ1n) is 8.55. The van der Waals surface area contributed by atoms with Gasteiger partial charge in [-0.2, -0.15) is 5.26 Å². The van der Waals surface area contributed by atoms with E-state index in [0.717, 1.165) is 0 Å². The molecule has 1 amide bonds. The normalized spacial score (nSPS) is 13.2. The van der Waals surface area contributed by atoms with E-state index >= 15 is 0 Å². The van der Waals surface area contributed by atoms with Gasteiger partial charge < -0.3 is 19.5 Å². The van der Waals surface area contributed by atoms with Gasteiger partial charge in [0.25, 0.3) is 5.91 Å². The Hall–Kier alpha value is -3.24. The molecule has 0 radical (unpaired) electrons. The number of esters is 1. The average Bonchev–Trinajstić information content (AvgIpc) is 2.68. The number of carbonyl (C=O) groups is 2. The Morgan fingerprint density at radius 2 is 2.04 bits per heavy atom. The zero-order valence-corrected chi connectivity index (χ0v) is 15.8. The van der Waals surface area contributed by atoms with Crippen LogP contribution in [0.3, 0.4) is 0 Å². The maximum atomic E-state index is 12.3. The van der Waals surface area contributed by atoms with Crippen LogP contribution in [-0.2, 0) is 20.7 Å². The molecule has 0 saturated heterocycles. The van der Waals surface area contributed by atoms with Gasteiger partial charge >= 0.3 is 5.97 Å². The molecule has 3 rings (SSSR count). The number of carbonyl (C=O) groups excluding carboxylic acids is 2. The molecule has 144 valence electrons. The Balaban J connectivity index is 1.61. The third kappa shape index (κ3) is 4.53. The molecule has 0 saturated carbocycles. The predicted octanol–water partition coefficient (Wildman–Crippen LogP) is 3.10. The van der Waals surface area contributed by atoms with Crippen molar-refractivity contribution in [3.8, 4) is 17.6 Å². The second-order valence-electron chi connectivity index (χ2n) is 6.06. The standard InChI is InChI=1S/C20H17ClN2O5/c1-12(20(25)23-16-5-3-2-4-14(16)11-22)28-18(24)10-13-8-15(21)19-17(9-13)26-6-7-27-19/h2-5,8-9,12H,6-7,10H2,1H3,(H,23,25). The van der Waals surface area contributed by atoms with Crippen molar-refractivity contribution in [3.05, 3.63) is 52.5 Å². The number of nitrogens with one attached hydrogen (secondary N) is 1. The molecule has 0 aliphatic carbocycles. The van der Waals surface area contributed by atoms with E-state index < -0.39 is 18.0 Å². The number of fused-ring (bicyclic) bond motifs is 1. The van der Waals surface area contributed by atoms with Crippen LogP contribution in [0.25, 0.3) is 0 Å². The molecule has 0 fully saturated rings. The van der Waals surface area contributed by atoms with Crippen LogP contribution in [0.1, 0.15) is 18.1 Å². The predicted molar refractivity (Wildman–Crippen MR) is 101 cm³/mol. The fourth-order valence-corrected chi connectivity index (χ4v) is 2.94. The number of nitriles is 1. The Kier molecular flexibility index (Phi) is 6.02. The van der Waals surface area contributed by atoms with Gasteiger partial charge in [0.2, 0.25) is 0 Å². The van der Waals surface area contributed by atoms with E-state index in [4.69, 9.17) is 31.1 Å². The highest BCUT2D eigenvalue weighted by atomic mass is 35.5. The van der Waals surface area contributed by atoms with Crippen LogP contribution in [0.2, 0.25) is 5.02 Å². The summed E-state index contributed by atoms with van der Waals surface area (Å²) < 4.78 is 16.1. The minimum Gasteiger partial charge on any atom is -0.486 e. The molecule has 1 aliphatic heterocycles. The van der Waals surface area contributed by atoms with Crippen LogP contribution in [0.4, 0.5) is 5.69 Å². The zero-order chi connectivity index (χ0) is 20.1. The molecule has 1 aliphatic rings. The maximum Gasteiger partial charge on any atom is 0.311 e. The zero-order valence-electron chi connectivity index (χ0n) is 15.0. The lowest BCUT2D eigenvalue weighted by Gasteiger charge is -2.20. The molecule has 1 atom stereocenters. The van der Waals surface area contributed by atoms with Gasteiger partial charge in [-0.05, 0) is 36.8 Å². The number of para-hydroxylation sites is 1. The number of halogens is 1. The smallest absolute Gasteiger partial charge is 0.311 e. The molecule has 1 heterocycles. The lowest BCUT2D eigenvalue weighted by atomic mass is 10.1. The summed E-state index contributed by atoms with van der Waals surface area (Å²) in [6.45, 7) is 2.27. The van der Waals surface area contributed by atoms with Crippen LogP contribution in [0.5, 0.6) is 11.5 Å². The molecule has 8 heteroatoms. The summed E-state index contributed by atoms with van der Waals surface area (Å²) in [4.78, 5) is 24.5. The van der Waals surface area contributed by atoms with Crippen molar-refractivity contribution in [2.45, 2.75) is 19.4 Å². The van der Waals surface area contributed by atoms with E-state index in [0.29, 0.717) is 46.5 Å². The maximum absolute atomic E-state index is 12.3. The largest absolute Gasteiger partial charge is 0.486 e. The summed E-state index contributed by atoms with van der Waals surface area (Å²) in [6.07, 6.45) is -1.12. The van der Waals surface area contributed by atoms with Crippen molar-refractivity contribution in [2.24, 2.45) is 0 Å². The van der Waals surface area contributed by atoms with Gasteiger partial charge in [-0.15, -0.1) is 0 Å². The molecule has 2 aromatic carbocycles. The molecule has 0 aromatic heterocycles. The lowest BCUT2D eigenvalue weighted by molar-refractivity contribution is -0.152. The van der Waals surface area contributed by atoms with Gasteiger partial charge in [-0.3, -0.25) is 9.59 Å². The van der Waals surface area contributed by atoms with Crippen LogP contribution < -0.4 is 14.8 Å². The van der Waals surface area contributed by atoms with Crippen molar-refractivity contribution < 1.29 is 23.8 Å². The van der Waals surface area contributed by atoms with E-state index in [1.54, 1.807) is 36.4 Å². The minimum atomic E-state index is -1.04. The van der Waals surface area contributed by atoms with E-state index in [2.05, 4.69) is 5.32 Å². The third-order valence-electron chi connectivity index (χ3n) is 3.99. The number of rotatable bonds is 5. The number of hydrogen-bond acceptors (Lipinski definition) is 6. The second-order valence-corrected chi connectivity index (χ2v) is 6.46. The number of benzene rings is 2. The van der Waals surface area contributed by atoms with Crippen molar-refractivity contribution in [1.29, 1.82) is 5.26 Å². The van der Waals surface area contributed by atoms with Crippen molar-refractivity contribution in [2.75, 3.05) is 18.5 Å². The van der Waals surface area contributed by atoms with E-state index in [1.165, 1.54) is 6.92 Å². The Morgan fingerprint density at radius 3 is 2.82 bits per heavy atom. The Bertz CT molecular complexity index is 954. The average molecular weight is 401 g/mol. The number of anilines is 1. The molecule has 1 unspecified atom stereocenters. The van der Waals surface area contributed by atoms with Crippen molar-refractivity contribution in [1.82, 2.24) is 0 Å². The fraction of sp³-hybridized carbons (Fsp3) is 0.250. The molecule has 2 aromatic rings. The van der Waals surface area contributed by atoms with Gasteiger partial charge in [0.1, 0.15) is 19.3 Å². The van der Waals surface area contributed by atoms with Crippen molar-refractivity contribution in [3.63, 3.8) is 0 Å². The minimum absolute atomic E-state index is 0.0806. The molecule has 28 heavy (non-hydrogen) atoms. The molecule has 1 N–H and O–H groups in total. The van der Waals surface area contributed by atoms with E-state index in [9.17, 15) is 9.59 Å². The molecule has 0 spiro atoms. The summed E-state index contributed by atoms with van der Waals surface area (Å²) >= 11 is 6.16. The van der Waals surface area contributed by atoms with E-state index in [1.807, 2.05) is 6.07 Å². The Labute approximate surface area is 166 Å². The SMILES string of the molecule is CC(OC(=O)Cc1cc(Cl)c2c(c1)OCCO2)C(=O)Nc1ccccc1C#N. The number of nitrogens with zero attached hydrogens (tertiary/aromatic N) is 1. The third-order valence-corrected chi connectivity index (χ3v) is 4.27. The molecule has 7 nitrogen and oxygen atoms in total. The summed E-state index contributed by atoms with van der Waals surface area (Å²) in [7, 11) is 0. The number of amides is 1.